The summed E-state index contributed by atoms with van der Waals surface area (Å²) in [6, 6.07) is 0.562. The highest BCUT2D eigenvalue weighted by Gasteiger charge is 2.21. The van der Waals surface area contributed by atoms with Gasteiger partial charge >= 0.3 is 0 Å². The molecule has 0 radical (unpaired) electrons. The molecule has 7 nitrogen and oxygen atoms in total. The van der Waals surface area contributed by atoms with Crippen LogP contribution < -0.4 is 10.2 Å². The summed E-state index contributed by atoms with van der Waals surface area (Å²) in [4.78, 5) is 6.54. The summed E-state index contributed by atoms with van der Waals surface area (Å²) in [6.45, 7) is 7.56. The maximum atomic E-state index is 4.22. The van der Waals surface area contributed by atoms with Gasteiger partial charge in [0, 0.05) is 19.1 Å². The summed E-state index contributed by atoms with van der Waals surface area (Å²) in [5.74, 6) is 1.75. The van der Waals surface area contributed by atoms with Crippen molar-refractivity contribution in [3.8, 4) is 0 Å². The van der Waals surface area contributed by atoms with Crippen LogP contribution in [0.5, 0.6) is 0 Å². The van der Waals surface area contributed by atoms with Gasteiger partial charge in [0.1, 0.15) is 0 Å². The van der Waals surface area contributed by atoms with Crippen molar-refractivity contribution >= 4 is 11.5 Å². The summed E-state index contributed by atoms with van der Waals surface area (Å²) in [5.41, 5.74) is 0.700. The molecule has 0 aliphatic carbocycles. The molecule has 1 fully saturated rings. The first kappa shape index (κ1) is 13.2. The van der Waals surface area contributed by atoms with Crippen LogP contribution in [0.2, 0.25) is 0 Å². The molecule has 3 heterocycles. The van der Waals surface area contributed by atoms with E-state index in [1.807, 2.05) is 6.20 Å². The van der Waals surface area contributed by atoms with Crippen LogP contribution in [-0.2, 0) is 0 Å². The Morgan fingerprint density at radius 3 is 2.85 bits per heavy atom. The first-order valence-corrected chi connectivity index (χ1v) is 7.24. The van der Waals surface area contributed by atoms with Gasteiger partial charge in [0.2, 0.25) is 0 Å². The maximum Gasteiger partial charge on any atom is 0.199 e. The monoisotopic (exact) mass is 275 g/mol. The topological polar surface area (TPSA) is 71.2 Å². The quantitative estimate of drug-likeness (QED) is 0.887. The van der Waals surface area contributed by atoms with Gasteiger partial charge in [-0.05, 0) is 35.7 Å². The van der Waals surface area contributed by atoms with Crippen LogP contribution in [0.25, 0.3) is 5.65 Å². The summed E-state index contributed by atoms with van der Waals surface area (Å²) in [7, 11) is 0. The minimum Gasteiger partial charge on any atom is -0.355 e. The zero-order valence-corrected chi connectivity index (χ0v) is 12.0. The first-order valence-electron chi connectivity index (χ1n) is 7.24. The molecule has 20 heavy (non-hydrogen) atoms. The van der Waals surface area contributed by atoms with Crippen LogP contribution in [-0.4, -0.2) is 50.7 Å². The zero-order valence-electron chi connectivity index (χ0n) is 12.0. The lowest BCUT2D eigenvalue weighted by Crippen LogP contribution is -2.39. The van der Waals surface area contributed by atoms with Gasteiger partial charge < -0.3 is 10.2 Å². The van der Waals surface area contributed by atoms with E-state index in [9.17, 15) is 0 Å². The van der Waals surface area contributed by atoms with Crippen molar-refractivity contribution in [1.82, 2.24) is 30.3 Å². The van der Waals surface area contributed by atoms with E-state index < -0.39 is 0 Å². The van der Waals surface area contributed by atoms with Crippen LogP contribution in [0.15, 0.2) is 12.4 Å². The number of nitrogens with zero attached hydrogens (tertiary/aromatic N) is 6. The molecule has 1 saturated heterocycles. The number of anilines is 1. The fourth-order valence-corrected chi connectivity index (χ4v) is 2.65. The van der Waals surface area contributed by atoms with E-state index in [1.54, 1.807) is 10.7 Å². The number of nitrogens with one attached hydrogen (secondary N) is 1. The molecule has 0 unspecified atom stereocenters. The predicted octanol–water partition coefficient (Wildman–Crippen LogP) is 0.734. The lowest BCUT2D eigenvalue weighted by molar-refractivity contribution is 0.369. The van der Waals surface area contributed by atoms with E-state index in [0.717, 1.165) is 31.4 Å². The Morgan fingerprint density at radius 2 is 2.10 bits per heavy atom. The molecule has 0 saturated carbocycles. The van der Waals surface area contributed by atoms with E-state index in [1.165, 1.54) is 12.8 Å². The minimum absolute atomic E-state index is 0.562. The average Bonchev–Trinajstić information content (AvgIpc) is 2.94. The van der Waals surface area contributed by atoms with Gasteiger partial charge in [-0.25, -0.2) is 0 Å². The molecule has 1 aliphatic rings. The molecule has 0 aromatic carbocycles. The van der Waals surface area contributed by atoms with Gasteiger partial charge in [0.15, 0.2) is 11.5 Å². The molecule has 0 atom stereocenters. The standard InChI is InChI=1S/C13H21N7/c1-10(2)15-7-11-3-5-19(6-4-11)13-9-14-8-12-16-17-18-20(12)13/h8-11,15H,3-7H2,1-2H3. The van der Waals surface area contributed by atoms with Crippen molar-refractivity contribution in [2.45, 2.75) is 32.7 Å². The number of hydrogen-bond acceptors (Lipinski definition) is 6. The van der Waals surface area contributed by atoms with E-state index in [4.69, 9.17) is 0 Å². The first-order chi connectivity index (χ1) is 9.74. The molecule has 3 rings (SSSR count). The van der Waals surface area contributed by atoms with Crippen molar-refractivity contribution in [3.05, 3.63) is 12.4 Å². The van der Waals surface area contributed by atoms with Gasteiger partial charge in [-0.2, -0.15) is 4.52 Å². The number of piperidine rings is 1. The van der Waals surface area contributed by atoms with Crippen LogP contribution in [0.3, 0.4) is 0 Å². The van der Waals surface area contributed by atoms with Gasteiger partial charge in [-0.3, -0.25) is 4.98 Å². The Morgan fingerprint density at radius 1 is 1.30 bits per heavy atom. The van der Waals surface area contributed by atoms with Gasteiger partial charge in [0.05, 0.1) is 12.4 Å². The van der Waals surface area contributed by atoms with Crippen molar-refractivity contribution in [2.75, 3.05) is 24.5 Å². The zero-order chi connectivity index (χ0) is 13.9. The number of aromatic nitrogens is 5. The molecule has 0 spiro atoms. The Hall–Kier alpha value is -1.76. The lowest BCUT2D eigenvalue weighted by atomic mass is 9.96. The van der Waals surface area contributed by atoms with Crippen LogP contribution in [0.1, 0.15) is 26.7 Å². The molecule has 2 aromatic rings. The van der Waals surface area contributed by atoms with E-state index in [0.29, 0.717) is 11.7 Å². The molecule has 2 aromatic heterocycles. The number of tetrazole rings is 1. The highest BCUT2D eigenvalue weighted by molar-refractivity contribution is 5.46. The fourth-order valence-electron chi connectivity index (χ4n) is 2.65. The Kier molecular flexibility index (Phi) is 3.77. The van der Waals surface area contributed by atoms with Gasteiger partial charge in [-0.15, -0.1) is 5.10 Å². The fraction of sp³-hybridized carbons (Fsp3) is 0.692. The van der Waals surface area contributed by atoms with Crippen molar-refractivity contribution in [1.29, 1.82) is 0 Å². The third kappa shape index (κ3) is 2.72. The normalized spacial score (nSPS) is 17.2. The second-order valence-corrected chi connectivity index (χ2v) is 5.71. The number of rotatable bonds is 4. The van der Waals surface area contributed by atoms with Crippen LogP contribution >= 0.6 is 0 Å². The third-order valence-electron chi connectivity index (χ3n) is 3.84. The molecular weight excluding hydrogens is 254 g/mol. The van der Waals surface area contributed by atoms with Gasteiger partial charge in [-0.1, -0.05) is 13.8 Å². The Bertz CT molecular complexity index is 557. The molecule has 7 heteroatoms. The van der Waals surface area contributed by atoms with E-state index in [-0.39, 0.29) is 0 Å². The minimum atomic E-state index is 0.562. The second kappa shape index (κ2) is 5.70. The molecule has 108 valence electrons. The van der Waals surface area contributed by atoms with Crippen LogP contribution in [0, 0.1) is 5.92 Å². The van der Waals surface area contributed by atoms with E-state index in [2.05, 4.69) is 44.6 Å². The summed E-state index contributed by atoms with van der Waals surface area (Å²) < 4.78 is 1.76. The second-order valence-electron chi connectivity index (χ2n) is 5.71. The molecule has 1 N–H and O–H groups in total. The number of hydrogen-bond donors (Lipinski definition) is 1. The molecule has 0 bridgehead atoms. The Balaban J connectivity index is 1.65. The van der Waals surface area contributed by atoms with Crippen molar-refractivity contribution in [2.24, 2.45) is 5.92 Å². The highest BCUT2D eigenvalue weighted by atomic mass is 15.5. The third-order valence-corrected chi connectivity index (χ3v) is 3.84. The SMILES string of the molecule is CC(C)NCC1CCN(c2cncc3nnnn23)CC1. The van der Waals surface area contributed by atoms with E-state index >= 15 is 0 Å². The highest BCUT2D eigenvalue weighted by Crippen LogP contribution is 2.22. The summed E-state index contributed by atoms with van der Waals surface area (Å²) in [6.07, 6.45) is 5.91. The van der Waals surface area contributed by atoms with Gasteiger partial charge in [0.25, 0.3) is 0 Å². The molecule has 1 aliphatic heterocycles. The number of fused-ring (bicyclic) bond motifs is 1. The molecule has 0 amide bonds. The Labute approximate surface area is 118 Å². The summed E-state index contributed by atoms with van der Waals surface area (Å²) >= 11 is 0. The average molecular weight is 275 g/mol. The molecular formula is C13H21N7. The van der Waals surface area contributed by atoms with Crippen molar-refractivity contribution in [3.63, 3.8) is 0 Å². The van der Waals surface area contributed by atoms with Crippen LogP contribution in [0.4, 0.5) is 5.82 Å². The maximum absolute atomic E-state index is 4.22. The predicted molar refractivity (Wildman–Crippen MR) is 76.7 cm³/mol. The lowest BCUT2D eigenvalue weighted by Gasteiger charge is -2.33. The largest absolute Gasteiger partial charge is 0.355 e. The summed E-state index contributed by atoms with van der Waals surface area (Å²) in [5, 5.41) is 15.2. The van der Waals surface area contributed by atoms with Crippen molar-refractivity contribution < 1.29 is 0 Å². The smallest absolute Gasteiger partial charge is 0.199 e.